The number of rotatable bonds is 4. The van der Waals surface area contributed by atoms with Crippen LogP contribution in [0, 0.1) is 0 Å². The van der Waals surface area contributed by atoms with Crippen molar-refractivity contribution >= 4 is 27.7 Å². The van der Waals surface area contributed by atoms with Crippen LogP contribution in [0.3, 0.4) is 0 Å². The van der Waals surface area contributed by atoms with Crippen molar-refractivity contribution < 1.29 is 36.3 Å². The van der Waals surface area contributed by atoms with Crippen molar-refractivity contribution in [1.82, 2.24) is 15.0 Å². The van der Waals surface area contributed by atoms with Crippen LogP contribution in [0.15, 0.2) is 22.7 Å². The largest absolute Gasteiger partial charge is 0.466 e. The summed E-state index contributed by atoms with van der Waals surface area (Å²) in [6, 6.07) is 0.495. The fourth-order valence-electron chi connectivity index (χ4n) is 2.67. The number of hydrogen-bond donors (Lipinski definition) is 2. The molecule has 1 aliphatic heterocycles. The number of halogens is 3. The second kappa shape index (κ2) is 7.15. The minimum absolute atomic E-state index is 0.0470. The van der Waals surface area contributed by atoms with E-state index in [0.29, 0.717) is 17.3 Å². The van der Waals surface area contributed by atoms with Gasteiger partial charge < -0.3 is 9.72 Å². The number of alkyl halides is 3. The third-order valence-electron chi connectivity index (χ3n) is 4.16. The van der Waals surface area contributed by atoms with Gasteiger partial charge in [-0.05, 0) is 12.1 Å². The molecule has 0 saturated heterocycles. The fourth-order valence-corrected chi connectivity index (χ4v) is 3.73. The van der Waals surface area contributed by atoms with Gasteiger partial charge >= 0.3 is 12.1 Å². The van der Waals surface area contributed by atoms with Crippen LogP contribution in [-0.2, 0) is 25.5 Å². The molecule has 3 rings (SSSR count). The highest BCUT2D eigenvalue weighted by atomic mass is 32.2. The molecule has 3 heterocycles. The van der Waals surface area contributed by atoms with Gasteiger partial charge in [-0.25, -0.2) is 23.3 Å². The lowest BCUT2D eigenvalue weighted by atomic mass is 10.1. The maximum Gasteiger partial charge on any atom is 0.417 e. The summed E-state index contributed by atoms with van der Waals surface area (Å²) in [6.07, 6.45) is -2.95. The Morgan fingerprint density at radius 1 is 1.41 bits per heavy atom. The average molecular weight is 432 g/mol. The number of aromatic nitrogens is 3. The molecule has 1 aliphatic rings. The van der Waals surface area contributed by atoms with Gasteiger partial charge in [-0.1, -0.05) is 6.92 Å². The molecule has 13 heteroatoms. The number of hydrogen-bond acceptors (Lipinski definition) is 8. The smallest absolute Gasteiger partial charge is 0.417 e. The summed E-state index contributed by atoms with van der Waals surface area (Å²) in [4.78, 5) is 21.4. The molecule has 156 valence electrons. The zero-order valence-electron chi connectivity index (χ0n) is 15.1. The van der Waals surface area contributed by atoms with Crippen LogP contribution < -0.4 is 5.06 Å². The predicted octanol–water partition coefficient (Wildman–Crippen LogP) is 2.05. The molecule has 0 aliphatic carbocycles. The summed E-state index contributed by atoms with van der Waals surface area (Å²) in [6.45, 7) is 1.04. The second-order valence-electron chi connectivity index (χ2n) is 6.01. The number of nitrogens with zero attached hydrogens (tertiary/aromatic N) is 3. The van der Waals surface area contributed by atoms with Crippen molar-refractivity contribution in [2.24, 2.45) is 0 Å². The standard InChI is InChI=1S/C16H15F3N4O5S/c1-3-29(26,27)11-5-9(16(17,18)19)6-20-12(11)13-21-10-4-8(15(24)28-2)7-23(25)14(10)22-13/h4-6,25H,3,7H2,1-2H3,(H,21,22). The number of carbonyl (C=O) groups is 1. The lowest BCUT2D eigenvalue weighted by molar-refractivity contribution is -0.138. The predicted molar refractivity (Wildman–Crippen MR) is 93.7 cm³/mol. The van der Waals surface area contributed by atoms with Crippen molar-refractivity contribution in [3.8, 4) is 11.5 Å². The van der Waals surface area contributed by atoms with Crippen LogP contribution >= 0.6 is 0 Å². The SMILES string of the molecule is CCS(=O)(=O)c1cc(C(F)(F)F)cnc1-c1nc2c([nH]1)C=C(C(=O)OC)CN2O. The highest BCUT2D eigenvalue weighted by Crippen LogP contribution is 2.35. The first-order valence-electron chi connectivity index (χ1n) is 8.13. The molecular weight excluding hydrogens is 417 g/mol. The maximum atomic E-state index is 13.0. The minimum atomic E-state index is -4.79. The quantitative estimate of drug-likeness (QED) is 0.704. The van der Waals surface area contributed by atoms with Crippen molar-refractivity contribution in [2.75, 3.05) is 24.5 Å². The summed E-state index contributed by atoms with van der Waals surface area (Å²) in [5.74, 6) is -1.39. The molecule has 2 aromatic rings. The molecule has 0 fully saturated rings. The molecule has 0 unspecified atom stereocenters. The summed E-state index contributed by atoms with van der Waals surface area (Å²) >= 11 is 0. The number of anilines is 1. The molecule has 0 radical (unpaired) electrons. The Hall–Kier alpha value is -2.93. The van der Waals surface area contributed by atoms with Gasteiger partial charge in [0.05, 0.1) is 41.1 Å². The molecule has 0 bridgehead atoms. The van der Waals surface area contributed by atoms with E-state index < -0.39 is 38.2 Å². The number of fused-ring (bicyclic) bond motifs is 1. The molecule has 29 heavy (non-hydrogen) atoms. The Kier molecular flexibility index (Phi) is 5.13. The molecule has 2 aromatic heterocycles. The van der Waals surface area contributed by atoms with Crippen molar-refractivity contribution in [1.29, 1.82) is 0 Å². The van der Waals surface area contributed by atoms with E-state index in [1.165, 1.54) is 13.0 Å². The number of carbonyl (C=O) groups excluding carboxylic acids is 1. The number of ether oxygens (including phenoxy) is 1. The second-order valence-corrected chi connectivity index (χ2v) is 8.26. The monoisotopic (exact) mass is 432 g/mol. The summed E-state index contributed by atoms with van der Waals surface area (Å²) in [7, 11) is -2.93. The van der Waals surface area contributed by atoms with E-state index in [2.05, 4.69) is 19.7 Å². The van der Waals surface area contributed by atoms with E-state index in [1.54, 1.807) is 0 Å². The van der Waals surface area contributed by atoms with Crippen LogP contribution in [-0.4, -0.2) is 54.0 Å². The lowest BCUT2D eigenvalue weighted by Crippen LogP contribution is -2.28. The first-order chi connectivity index (χ1) is 13.5. The Balaban J connectivity index is 2.18. The van der Waals surface area contributed by atoms with Crippen LogP contribution in [0.2, 0.25) is 0 Å². The Labute approximate surface area is 162 Å². The number of hydroxylamine groups is 1. The van der Waals surface area contributed by atoms with Crippen LogP contribution in [0.1, 0.15) is 18.2 Å². The number of methoxy groups -OCH3 is 1. The number of esters is 1. The number of pyridine rings is 1. The number of H-pyrrole nitrogens is 1. The van der Waals surface area contributed by atoms with E-state index >= 15 is 0 Å². The zero-order chi connectivity index (χ0) is 21.6. The molecule has 0 saturated carbocycles. The molecule has 0 amide bonds. The van der Waals surface area contributed by atoms with Gasteiger partial charge in [0, 0.05) is 6.20 Å². The van der Waals surface area contributed by atoms with Crippen LogP contribution in [0.4, 0.5) is 19.0 Å². The summed E-state index contributed by atoms with van der Waals surface area (Å²) in [5.41, 5.74) is -1.34. The molecule has 2 N–H and O–H groups in total. The van der Waals surface area contributed by atoms with E-state index in [0.717, 1.165) is 7.11 Å². The minimum Gasteiger partial charge on any atom is -0.466 e. The molecule has 0 aromatic carbocycles. The highest BCUT2D eigenvalue weighted by Gasteiger charge is 2.34. The topological polar surface area (TPSA) is 125 Å². The van der Waals surface area contributed by atoms with Crippen LogP contribution in [0.5, 0.6) is 0 Å². The van der Waals surface area contributed by atoms with Crippen molar-refractivity contribution in [2.45, 2.75) is 18.0 Å². The van der Waals surface area contributed by atoms with E-state index in [4.69, 9.17) is 0 Å². The van der Waals surface area contributed by atoms with Crippen LogP contribution in [0.25, 0.3) is 17.6 Å². The lowest BCUT2D eigenvalue weighted by Gasteiger charge is -2.20. The summed E-state index contributed by atoms with van der Waals surface area (Å²) < 4.78 is 68.5. The Bertz CT molecular complexity index is 1110. The fraction of sp³-hybridized carbons (Fsp3) is 0.312. The van der Waals surface area contributed by atoms with E-state index in [9.17, 15) is 31.6 Å². The molecule has 9 nitrogen and oxygen atoms in total. The number of imidazole rings is 1. The van der Waals surface area contributed by atoms with Gasteiger partial charge in [0.25, 0.3) is 0 Å². The van der Waals surface area contributed by atoms with Gasteiger partial charge in [0.2, 0.25) is 0 Å². The van der Waals surface area contributed by atoms with Gasteiger partial charge in [-0.15, -0.1) is 0 Å². The Morgan fingerprint density at radius 2 is 2.10 bits per heavy atom. The number of aromatic amines is 1. The molecular formula is C16H15F3N4O5S. The average Bonchev–Trinajstić information content (AvgIpc) is 3.10. The van der Waals surface area contributed by atoms with Gasteiger partial charge in [0.1, 0.15) is 5.69 Å². The highest BCUT2D eigenvalue weighted by molar-refractivity contribution is 7.91. The van der Waals surface area contributed by atoms with Gasteiger partial charge in [-0.3, -0.25) is 10.2 Å². The molecule has 0 spiro atoms. The summed E-state index contributed by atoms with van der Waals surface area (Å²) in [5, 5.41) is 10.7. The normalized spacial score (nSPS) is 14.4. The number of nitrogens with one attached hydrogen (secondary N) is 1. The van der Waals surface area contributed by atoms with E-state index in [-0.39, 0.29) is 35.1 Å². The van der Waals surface area contributed by atoms with E-state index in [1.807, 2.05) is 0 Å². The van der Waals surface area contributed by atoms with Crippen molar-refractivity contribution in [3.05, 3.63) is 29.1 Å². The van der Waals surface area contributed by atoms with Crippen molar-refractivity contribution in [3.63, 3.8) is 0 Å². The van der Waals surface area contributed by atoms with Gasteiger partial charge in [0.15, 0.2) is 21.5 Å². The Morgan fingerprint density at radius 3 is 2.69 bits per heavy atom. The van der Waals surface area contributed by atoms with Gasteiger partial charge in [-0.2, -0.15) is 13.2 Å². The maximum absolute atomic E-state index is 13.0. The number of sulfone groups is 1. The third kappa shape index (κ3) is 3.82. The molecule has 0 atom stereocenters. The first-order valence-corrected chi connectivity index (χ1v) is 9.78. The first kappa shape index (κ1) is 20.8. The zero-order valence-corrected chi connectivity index (χ0v) is 15.9. The third-order valence-corrected chi connectivity index (χ3v) is 5.90.